The van der Waals surface area contributed by atoms with Gasteiger partial charge in [-0.1, -0.05) is 28.7 Å². The van der Waals surface area contributed by atoms with Crippen LogP contribution in [0.15, 0.2) is 23.2 Å². The van der Waals surface area contributed by atoms with Crippen LogP contribution in [-0.4, -0.2) is 45.6 Å². The van der Waals surface area contributed by atoms with Crippen molar-refractivity contribution in [2.75, 3.05) is 23.9 Å². The number of halogens is 1. The summed E-state index contributed by atoms with van der Waals surface area (Å²) in [5.74, 6) is 0.608. The molecule has 1 aromatic rings. The van der Waals surface area contributed by atoms with Gasteiger partial charge in [-0.3, -0.25) is 4.99 Å². The molecule has 0 spiro atoms. The van der Waals surface area contributed by atoms with E-state index in [1.54, 1.807) is 25.1 Å². The number of methoxy groups -OCH3 is 1. The summed E-state index contributed by atoms with van der Waals surface area (Å²) < 4.78 is 11.1. The normalized spacial score (nSPS) is 21.0. The Labute approximate surface area is 141 Å². The first-order chi connectivity index (χ1) is 10.0. The second-order valence-electron chi connectivity index (χ2n) is 4.66. The smallest absolute Gasteiger partial charge is 0.334 e. The van der Waals surface area contributed by atoms with Crippen LogP contribution in [0.3, 0.4) is 0 Å². The minimum atomic E-state index is -0.903. The fourth-order valence-corrected chi connectivity index (χ4v) is 3.33. The fraction of sp³-hybridized carbons (Fsp3) is 0.429. The van der Waals surface area contributed by atoms with Gasteiger partial charge in [0.05, 0.1) is 19.3 Å². The van der Waals surface area contributed by atoms with Gasteiger partial charge in [0.2, 0.25) is 0 Å². The van der Waals surface area contributed by atoms with Gasteiger partial charge in [-0.15, -0.1) is 11.8 Å². The first-order valence-corrected chi connectivity index (χ1v) is 8.85. The summed E-state index contributed by atoms with van der Waals surface area (Å²) in [6.45, 7) is 2.25. The number of alkyl halides is 1. The van der Waals surface area contributed by atoms with Crippen LogP contribution >= 0.6 is 34.4 Å². The quantitative estimate of drug-likeness (QED) is 0.450. The van der Waals surface area contributed by atoms with Crippen molar-refractivity contribution in [2.45, 2.75) is 12.5 Å². The maximum atomic E-state index is 11.8. The lowest BCUT2D eigenvalue weighted by atomic mass is 10.1. The molecule has 0 bridgehead atoms. The molecule has 1 N–H and O–H groups in total. The highest BCUT2D eigenvalue weighted by atomic mass is 127. The first-order valence-electron chi connectivity index (χ1n) is 6.34. The molecule has 21 heavy (non-hydrogen) atoms. The number of phenolic OH excluding ortho intramolecular Hbond substituents is 1. The summed E-state index contributed by atoms with van der Waals surface area (Å²) in [7, 11) is 1.35. The van der Waals surface area contributed by atoms with Gasteiger partial charge in [0.1, 0.15) is 5.04 Å². The molecule has 5 nitrogen and oxygen atoms in total. The number of carbonyl (C=O) groups excluding carboxylic acids is 1. The topological polar surface area (TPSA) is 68.1 Å². The van der Waals surface area contributed by atoms with Gasteiger partial charge in [-0.05, 0) is 19.1 Å². The number of hydrogen-bond donors (Lipinski definition) is 1. The second-order valence-corrected chi connectivity index (χ2v) is 6.70. The van der Waals surface area contributed by atoms with E-state index in [4.69, 9.17) is 9.47 Å². The Hall–Kier alpha value is -0.960. The van der Waals surface area contributed by atoms with Gasteiger partial charge >= 0.3 is 5.97 Å². The highest BCUT2D eigenvalue weighted by molar-refractivity contribution is 14.1. The molecule has 1 heterocycles. The van der Waals surface area contributed by atoms with Crippen LogP contribution in [0.25, 0.3) is 0 Å². The van der Waals surface area contributed by atoms with Gasteiger partial charge in [-0.2, -0.15) is 0 Å². The Kier molecular flexibility index (Phi) is 5.37. The average molecular weight is 421 g/mol. The highest BCUT2D eigenvalue weighted by Crippen LogP contribution is 2.38. The van der Waals surface area contributed by atoms with Crippen LogP contribution in [0.1, 0.15) is 12.5 Å². The number of ether oxygens (including phenoxy) is 2. The predicted octanol–water partition coefficient (Wildman–Crippen LogP) is 2.63. The molecule has 0 aromatic heterocycles. The van der Waals surface area contributed by atoms with Crippen LogP contribution in [0.5, 0.6) is 11.5 Å². The van der Waals surface area contributed by atoms with Gasteiger partial charge in [-0.25, -0.2) is 4.79 Å². The molecule has 0 fully saturated rings. The molecular formula is C14H16INO4S. The molecule has 1 aliphatic heterocycles. The zero-order chi connectivity index (χ0) is 15.5. The zero-order valence-corrected chi connectivity index (χ0v) is 14.7. The lowest BCUT2D eigenvalue weighted by Crippen LogP contribution is -2.34. The summed E-state index contributed by atoms with van der Waals surface area (Å²) in [5, 5.41) is 10.9. The number of para-hydroxylation sites is 1. The van der Waals surface area contributed by atoms with Crippen molar-refractivity contribution in [1.82, 2.24) is 0 Å². The number of rotatable bonds is 5. The Bertz CT molecular complexity index is 578. The molecule has 7 heteroatoms. The van der Waals surface area contributed by atoms with Crippen LogP contribution < -0.4 is 4.74 Å². The van der Waals surface area contributed by atoms with E-state index in [0.717, 1.165) is 4.43 Å². The minimum Gasteiger partial charge on any atom is -0.504 e. The number of phenols is 1. The van der Waals surface area contributed by atoms with Crippen molar-refractivity contribution in [3.05, 3.63) is 23.8 Å². The Morgan fingerprint density at radius 3 is 3.00 bits per heavy atom. The summed E-state index contributed by atoms with van der Waals surface area (Å²) in [6.07, 6.45) is 0. The van der Waals surface area contributed by atoms with Crippen molar-refractivity contribution in [1.29, 1.82) is 0 Å². The summed E-state index contributed by atoms with van der Waals surface area (Å²) >= 11 is 3.63. The molecule has 1 atom stereocenters. The van der Waals surface area contributed by atoms with Crippen LogP contribution in [0.4, 0.5) is 0 Å². The van der Waals surface area contributed by atoms with Crippen molar-refractivity contribution in [3.8, 4) is 11.5 Å². The molecule has 1 aromatic carbocycles. The SMILES string of the molecule is COC(=O)[C@@]1(C)CSC(c2cccc(OCCI)c2O)=N1. The Balaban J connectivity index is 2.31. The Morgan fingerprint density at radius 2 is 2.33 bits per heavy atom. The van der Waals surface area contributed by atoms with E-state index in [1.165, 1.54) is 18.9 Å². The zero-order valence-electron chi connectivity index (χ0n) is 11.8. The molecule has 0 saturated carbocycles. The van der Waals surface area contributed by atoms with E-state index >= 15 is 0 Å². The Morgan fingerprint density at radius 1 is 1.57 bits per heavy atom. The lowest BCUT2D eigenvalue weighted by Gasteiger charge is -2.15. The average Bonchev–Trinajstić information content (AvgIpc) is 2.89. The lowest BCUT2D eigenvalue weighted by molar-refractivity contribution is -0.145. The monoisotopic (exact) mass is 421 g/mol. The van der Waals surface area contributed by atoms with Crippen LogP contribution in [0, 0.1) is 0 Å². The van der Waals surface area contributed by atoms with Crippen LogP contribution in [-0.2, 0) is 9.53 Å². The highest BCUT2D eigenvalue weighted by Gasteiger charge is 2.40. The van der Waals surface area contributed by atoms with Crippen LogP contribution in [0.2, 0.25) is 0 Å². The predicted molar refractivity (Wildman–Crippen MR) is 91.9 cm³/mol. The van der Waals surface area contributed by atoms with Gasteiger partial charge < -0.3 is 14.6 Å². The number of nitrogens with zero attached hydrogens (tertiary/aromatic N) is 1. The molecule has 0 unspecified atom stereocenters. The van der Waals surface area contributed by atoms with Crippen molar-refractivity contribution in [2.24, 2.45) is 4.99 Å². The number of benzene rings is 1. The van der Waals surface area contributed by atoms with Crippen molar-refractivity contribution >= 4 is 45.4 Å². The third kappa shape index (κ3) is 3.45. The summed E-state index contributed by atoms with van der Waals surface area (Å²) in [5.41, 5.74) is -0.320. The molecule has 0 saturated heterocycles. The molecule has 0 aliphatic carbocycles. The third-order valence-electron chi connectivity index (χ3n) is 3.03. The molecule has 114 valence electrons. The van der Waals surface area contributed by atoms with Gasteiger partial charge in [0.15, 0.2) is 17.0 Å². The number of esters is 1. The van der Waals surface area contributed by atoms with Crippen molar-refractivity contribution in [3.63, 3.8) is 0 Å². The molecule has 1 aliphatic rings. The molecule has 2 rings (SSSR count). The molecule has 0 radical (unpaired) electrons. The van der Waals surface area contributed by atoms with Gasteiger partial charge in [0, 0.05) is 10.2 Å². The van der Waals surface area contributed by atoms with Crippen molar-refractivity contribution < 1.29 is 19.4 Å². The standard InChI is InChI=1S/C14H16INO4S/c1-14(13(18)19-2)8-21-12(16-14)9-4-3-5-10(11(9)17)20-7-6-15/h3-5,17H,6-8H2,1-2H3/t14-/m1/s1. The van der Waals surface area contributed by atoms with E-state index in [9.17, 15) is 9.90 Å². The minimum absolute atomic E-state index is 0.0581. The number of aromatic hydroxyl groups is 1. The number of hydrogen-bond acceptors (Lipinski definition) is 6. The molecular weight excluding hydrogens is 405 g/mol. The first kappa shape index (κ1) is 16.4. The summed E-state index contributed by atoms with van der Waals surface area (Å²) in [4.78, 5) is 16.2. The van der Waals surface area contributed by atoms with E-state index < -0.39 is 5.54 Å². The van der Waals surface area contributed by atoms with Gasteiger partial charge in [0.25, 0.3) is 0 Å². The number of aliphatic imine (C=N–C) groups is 1. The maximum Gasteiger partial charge on any atom is 0.334 e. The van der Waals surface area contributed by atoms with E-state index in [2.05, 4.69) is 27.6 Å². The third-order valence-corrected chi connectivity index (χ3v) is 4.76. The number of carbonyl (C=O) groups is 1. The van der Waals surface area contributed by atoms with E-state index in [1.807, 2.05) is 0 Å². The largest absolute Gasteiger partial charge is 0.504 e. The second kappa shape index (κ2) is 6.87. The summed E-state index contributed by atoms with van der Waals surface area (Å²) in [6, 6.07) is 5.28. The van der Waals surface area contributed by atoms with E-state index in [0.29, 0.717) is 28.7 Å². The maximum absolute atomic E-state index is 11.8. The number of thioether (sulfide) groups is 1. The van der Waals surface area contributed by atoms with E-state index in [-0.39, 0.29) is 11.7 Å². The molecule has 0 amide bonds. The fourth-order valence-electron chi connectivity index (χ4n) is 1.92.